The van der Waals surface area contributed by atoms with Crippen LogP contribution in [0.2, 0.25) is 0 Å². The minimum absolute atomic E-state index is 0.190. The summed E-state index contributed by atoms with van der Waals surface area (Å²) in [6, 6.07) is 6.70. The number of fused-ring (bicyclic) bond motifs is 3. The van der Waals surface area contributed by atoms with Crippen LogP contribution in [0.3, 0.4) is 0 Å². The molecule has 4 N–H and O–H groups in total. The Hall–Kier alpha value is -4.61. The van der Waals surface area contributed by atoms with E-state index in [0.29, 0.717) is 54.3 Å². The molecule has 1 heterocycles. The summed E-state index contributed by atoms with van der Waals surface area (Å²) in [5.41, 5.74) is 3.34. The van der Waals surface area contributed by atoms with E-state index >= 15 is 0 Å². The van der Waals surface area contributed by atoms with E-state index in [9.17, 15) is 14.4 Å². The van der Waals surface area contributed by atoms with Crippen LogP contribution in [0.25, 0.3) is 11.1 Å². The number of hydrogen-bond donors (Lipinski definition) is 4. The van der Waals surface area contributed by atoms with E-state index in [1.807, 2.05) is 12.1 Å². The third-order valence-corrected chi connectivity index (χ3v) is 8.86. The molecule has 5 rings (SSSR count). The number of nitrogens with zero attached hydrogens (tertiary/aromatic N) is 2. The van der Waals surface area contributed by atoms with Gasteiger partial charge in [0.2, 0.25) is 28.9 Å². The highest BCUT2D eigenvalue weighted by molar-refractivity contribution is 5.89. The molecule has 1 atom stereocenters. The van der Waals surface area contributed by atoms with Gasteiger partial charge in [-0.2, -0.15) is 4.98 Å². The number of carbonyl (C=O) groups excluding carboxylic acids is 2. The van der Waals surface area contributed by atoms with E-state index < -0.39 is 6.04 Å². The summed E-state index contributed by atoms with van der Waals surface area (Å²) in [5.74, 6) is 2.94. The van der Waals surface area contributed by atoms with E-state index in [-0.39, 0.29) is 29.6 Å². The maximum Gasteiger partial charge on any atom is 0.248 e. The van der Waals surface area contributed by atoms with Gasteiger partial charge in [0.15, 0.2) is 11.5 Å². The number of aryl methyl sites for hydroxylation is 2. The van der Waals surface area contributed by atoms with E-state index in [2.05, 4.69) is 31.1 Å². The number of hydrogen-bond acceptors (Lipinski definition) is 9. The minimum atomic E-state index is -0.392. The van der Waals surface area contributed by atoms with Crippen LogP contribution in [0.5, 0.6) is 17.2 Å². The quantitative estimate of drug-likeness (QED) is 0.192. The molecule has 2 aromatic carbocycles. The van der Waals surface area contributed by atoms with Crippen LogP contribution in [0, 0.1) is 5.92 Å². The van der Waals surface area contributed by atoms with Gasteiger partial charge in [-0.1, -0.05) is 31.7 Å². The van der Waals surface area contributed by atoms with Gasteiger partial charge in [-0.3, -0.25) is 24.8 Å². The van der Waals surface area contributed by atoms with E-state index in [1.54, 1.807) is 33.5 Å². The molecule has 0 saturated heterocycles. The fourth-order valence-electron chi connectivity index (χ4n) is 6.62. The second kappa shape index (κ2) is 15.1. The number of methoxy groups -OCH3 is 3. The van der Waals surface area contributed by atoms with Gasteiger partial charge in [0.25, 0.3) is 0 Å². The largest absolute Gasteiger partial charge is 0.493 e. The Morgan fingerprint density at radius 3 is 2.52 bits per heavy atom. The lowest BCUT2D eigenvalue weighted by molar-refractivity contribution is -0.119. The second-order valence-corrected chi connectivity index (χ2v) is 12.0. The number of amides is 2. The van der Waals surface area contributed by atoms with Gasteiger partial charge in [-0.25, -0.2) is 0 Å². The van der Waals surface area contributed by atoms with Crippen LogP contribution in [-0.2, 0) is 22.4 Å². The Morgan fingerprint density at radius 1 is 1.02 bits per heavy atom. The molecule has 1 fully saturated rings. The standard InChI is InChI=1S/C34H44N6O6/c1-20(41)36-25-14-12-22-18-28(44-2)32(45-3)33(46-4)31(22)23-13-15-26(27(42)19-24(23)25)35-17-7-10-30(43)38-34-37-29(39-40-34)16-11-21-8-5-6-9-21/h13,15,18-19,21,25H,5-12,14,16-17H2,1-4H3,(H,35,42)(H,36,41)(H2,37,38,39,40,43). The van der Waals surface area contributed by atoms with Crippen molar-refractivity contribution in [2.45, 2.75) is 77.2 Å². The number of ether oxygens (including phenoxy) is 3. The van der Waals surface area contributed by atoms with Crippen molar-refractivity contribution >= 4 is 23.5 Å². The van der Waals surface area contributed by atoms with Gasteiger partial charge in [-0.15, -0.1) is 5.10 Å². The molecular formula is C34H44N6O6. The molecule has 0 aliphatic heterocycles. The Bertz CT molecular complexity index is 1620. The zero-order valence-corrected chi connectivity index (χ0v) is 27.1. The van der Waals surface area contributed by atoms with Gasteiger partial charge >= 0.3 is 0 Å². The molecule has 46 heavy (non-hydrogen) atoms. The van der Waals surface area contributed by atoms with Crippen molar-refractivity contribution in [3.8, 4) is 28.4 Å². The summed E-state index contributed by atoms with van der Waals surface area (Å²) in [4.78, 5) is 42.6. The highest BCUT2D eigenvalue weighted by atomic mass is 16.5. The number of aromatic nitrogens is 3. The first-order valence-corrected chi connectivity index (χ1v) is 16.0. The lowest BCUT2D eigenvalue weighted by atomic mass is 9.95. The van der Waals surface area contributed by atoms with Gasteiger partial charge < -0.3 is 24.8 Å². The summed E-state index contributed by atoms with van der Waals surface area (Å²) in [7, 11) is 4.69. The first-order chi connectivity index (χ1) is 22.3. The van der Waals surface area contributed by atoms with Crippen molar-refractivity contribution in [3.05, 3.63) is 51.4 Å². The molecule has 12 nitrogen and oxygen atoms in total. The van der Waals surface area contributed by atoms with Crippen LogP contribution in [-0.4, -0.2) is 54.9 Å². The highest BCUT2D eigenvalue weighted by Gasteiger charge is 2.29. The Morgan fingerprint density at radius 2 is 1.80 bits per heavy atom. The number of anilines is 2. The summed E-state index contributed by atoms with van der Waals surface area (Å²) in [5, 5.41) is 16.0. The summed E-state index contributed by atoms with van der Waals surface area (Å²) in [6.45, 7) is 1.87. The predicted octanol–water partition coefficient (Wildman–Crippen LogP) is 4.93. The predicted molar refractivity (Wildman–Crippen MR) is 176 cm³/mol. The summed E-state index contributed by atoms with van der Waals surface area (Å²) < 4.78 is 17.1. The number of rotatable bonds is 13. The first kappa shape index (κ1) is 32.8. The minimum Gasteiger partial charge on any atom is -0.493 e. The third-order valence-electron chi connectivity index (χ3n) is 8.86. The average Bonchev–Trinajstić information content (AvgIpc) is 3.67. The Kier molecular flexibility index (Phi) is 10.8. The normalized spacial score (nSPS) is 15.7. The Balaban J connectivity index is 1.28. The SMILES string of the molecule is COc1cc2c(c(OC)c1OC)-c1ccc(NCCCC(=O)Nc3n[nH]c(CCC4CCCC4)n3)c(=O)cc1C(NC(C)=O)CC2. The molecular weight excluding hydrogens is 588 g/mol. The number of benzene rings is 1. The van der Waals surface area contributed by atoms with Gasteiger partial charge in [0.05, 0.1) is 33.1 Å². The van der Waals surface area contributed by atoms with Crippen LogP contribution in [0.15, 0.2) is 29.1 Å². The van der Waals surface area contributed by atoms with Crippen LogP contribution in [0.1, 0.15) is 81.3 Å². The molecule has 12 heteroatoms. The summed E-state index contributed by atoms with van der Waals surface area (Å²) >= 11 is 0. The first-order valence-electron chi connectivity index (χ1n) is 16.0. The lowest BCUT2D eigenvalue weighted by Crippen LogP contribution is -2.26. The molecule has 2 aliphatic rings. The Labute approximate surface area is 269 Å². The monoisotopic (exact) mass is 632 g/mol. The molecule has 1 aromatic heterocycles. The van der Waals surface area contributed by atoms with Crippen molar-refractivity contribution < 1.29 is 23.8 Å². The van der Waals surface area contributed by atoms with Gasteiger partial charge in [0, 0.05) is 31.9 Å². The zero-order chi connectivity index (χ0) is 32.6. The van der Waals surface area contributed by atoms with Gasteiger partial charge in [-0.05, 0) is 66.5 Å². The number of H-pyrrole nitrogens is 1. The molecule has 1 unspecified atom stereocenters. The molecule has 0 bridgehead atoms. The fraction of sp³-hybridized carbons (Fsp3) is 0.500. The van der Waals surface area contributed by atoms with E-state index in [4.69, 9.17) is 14.2 Å². The molecule has 2 aliphatic carbocycles. The maximum atomic E-state index is 13.5. The van der Waals surface area contributed by atoms with Crippen molar-refractivity contribution in [1.29, 1.82) is 0 Å². The second-order valence-electron chi connectivity index (χ2n) is 12.0. The lowest BCUT2D eigenvalue weighted by Gasteiger charge is -2.19. The van der Waals surface area contributed by atoms with Crippen molar-refractivity contribution in [2.24, 2.45) is 5.92 Å². The van der Waals surface area contributed by atoms with Crippen LogP contribution in [0.4, 0.5) is 11.6 Å². The van der Waals surface area contributed by atoms with E-state index in [1.165, 1.54) is 32.6 Å². The highest BCUT2D eigenvalue weighted by Crippen LogP contribution is 2.50. The number of aromatic amines is 1. The number of nitrogens with one attached hydrogen (secondary N) is 4. The topological polar surface area (TPSA) is 157 Å². The van der Waals surface area contributed by atoms with Crippen molar-refractivity contribution in [1.82, 2.24) is 20.5 Å². The van der Waals surface area contributed by atoms with Crippen LogP contribution >= 0.6 is 0 Å². The fourth-order valence-corrected chi connectivity index (χ4v) is 6.62. The van der Waals surface area contributed by atoms with Crippen molar-refractivity contribution in [2.75, 3.05) is 38.5 Å². The molecule has 3 aromatic rings. The average molecular weight is 633 g/mol. The molecule has 2 amide bonds. The number of carbonyl (C=O) groups is 2. The van der Waals surface area contributed by atoms with Crippen LogP contribution < -0.4 is 35.6 Å². The van der Waals surface area contributed by atoms with Crippen molar-refractivity contribution in [3.63, 3.8) is 0 Å². The van der Waals surface area contributed by atoms with E-state index in [0.717, 1.165) is 41.3 Å². The molecule has 246 valence electrons. The maximum absolute atomic E-state index is 13.5. The molecule has 1 saturated carbocycles. The molecule has 0 radical (unpaired) electrons. The smallest absolute Gasteiger partial charge is 0.248 e. The third kappa shape index (κ3) is 7.60. The molecule has 0 spiro atoms. The zero-order valence-electron chi connectivity index (χ0n) is 27.1. The van der Waals surface area contributed by atoms with Gasteiger partial charge in [0.1, 0.15) is 5.82 Å². The summed E-state index contributed by atoms with van der Waals surface area (Å²) in [6.07, 6.45) is 9.04.